The molecule has 1 amide bonds. The molecule has 6 heteroatoms. The van der Waals surface area contributed by atoms with Crippen LogP contribution in [0.25, 0.3) is 22.3 Å². The summed E-state index contributed by atoms with van der Waals surface area (Å²) in [5.41, 5.74) is 7.96. The number of carbonyl (C=O) groups is 1. The van der Waals surface area contributed by atoms with Gasteiger partial charge < -0.3 is 20.2 Å². The van der Waals surface area contributed by atoms with E-state index in [2.05, 4.69) is 5.32 Å². The lowest BCUT2D eigenvalue weighted by atomic mass is 9.79. The molecule has 1 aliphatic heterocycles. The Balaban J connectivity index is 0.00000210. The molecule has 0 aliphatic carbocycles. The average Bonchev–Trinajstić information content (AvgIpc) is 3.13. The van der Waals surface area contributed by atoms with Gasteiger partial charge in [-0.3, -0.25) is 4.79 Å². The van der Waals surface area contributed by atoms with Crippen LogP contribution in [-0.2, 0) is 9.53 Å². The summed E-state index contributed by atoms with van der Waals surface area (Å²) in [5, 5.41) is 4.08. The number of nitrogens with two attached hydrogens (primary N) is 1. The Morgan fingerprint density at radius 1 is 1.07 bits per heavy atom. The zero-order valence-electron chi connectivity index (χ0n) is 14.9. The molecule has 3 aromatic rings. The molecule has 1 saturated heterocycles. The van der Waals surface area contributed by atoms with Gasteiger partial charge in [0, 0.05) is 36.4 Å². The smallest absolute Gasteiger partial charge is 0.232 e. The van der Waals surface area contributed by atoms with E-state index in [0.29, 0.717) is 32.6 Å². The predicted octanol–water partition coefficient (Wildman–Crippen LogP) is 4.22. The van der Waals surface area contributed by atoms with Gasteiger partial charge in [0.15, 0.2) is 0 Å². The number of amides is 1. The van der Waals surface area contributed by atoms with Gasteiger partial charge in [0.05, 0.1) is 5.41 Å². The summed E-state index contributed by atoms with van der Waals surface area (Å²) in [7, 11) is 0. The second-order valence-electron chi connectivity index (χ2n) is 6.78. The average molecular weight is 387 g/mol. The van der Waals surface area contributed by atoms with Crippen LogP contribution in [0.3, 0.4) is 0 Å². The Morgan fingerprint density at radius 3 is 2.44 bits per heavy atom. The second kappa shape index (κ2) is 8.13. The fraction of sp³-hybridized carbons (Fsp3) is 0.286. The molecular formula is C21H23ClN2O3. The molecule has 0 unspecified atom stereocenters. The van der Waals surface area contributed by atoms with Gasteiger partial charge in [-0.05, 0) is 49.2 Å². The van der Waals surface area contributed by atoms with Crippen molar-refractivity contribution in [3.05, 3.63) is 54.6 Å². The van der Waals surface area contributed by atoms with Crippen LogP contribution in [0.2, 0.25) is 0 Å². The van der Waals surface area contributed by atoms with Crippen molar-refractivity contribution < 1.29 is 13.9 Å². The number of anilines is 1. The van der Waals surface area contributed by atoms with Gasteiger partial charge in [-0.2, -0.15) is 0 Å². The Labute approximate surface area is 164 Å². The minimum absolute atomic E-state index is 0. The first-order valence-corrected chi connectivity index (χ1v) is 8.88. The molecule has 2 heterocycles. The fourth-order valence-electron chi connectivity index (χ4n) is 3.39. The molecule has 5 nitrogen and oxygen atoms in total. The summed E-state index contributed by atoms with van der Waals surface area (Å²) in [6.45, 7) is 1.49. The van der Waals surface area contributed by atoms with Gasteiger partial charge in [-0.15, -0.1) is 12.4 Å². The van der Waals surface area contributed by atoms with E-state index >= 15 is 0 Å². The summed E-state index contributed by atoms with van der Waals surface area (Å²) in [6.07, 6.45) is 1.32. The number of nitrogens with one attached hydrogen (secondary N) is 1. The van der Waals surface area contributed by atoms with Gasteiger partial charge in [0.25, 0.3) is 0 Å². The summed E-state index contributed by atoms with van der Waals surface area (Å²) in [4.78, 5) is 12.7. The highest BCUT2D eigenvalue weighted by molar-refractivity contribution is 5.96. The van der Waals surface area contributed by atoms with Crippen LogP contribution in [0.5, 0.6) is 0 Å². The van der Waals surface area contributed by atoms with Crippen molar-refractivity contribution in [2.45, 2.75) is 12.8 Å². The molecule has 27 heavy (non-hydrogen) atoms. The first kappa shape index (κ1) is 19.4. The van der Waals surface area contributed by atoms with Gasteiger partial charge in [-0.25, -0.2) is 0 Å². The fourth-order valence-corrected chi connectivity index (χ4v) is 3.39. The van der Waals surface area contributed by atoms with Gasteiger partial charge >= 0.3 is 0 Å². The maximum Gasteiger partial charge on any atom is 0.232 e. The van der Waals surface area contributed by atoms with Crippen molar-refractivity contribution >= 4 is 35.0 Å². The van der Waals surface area contributed by atoms with E-state index in [-0.39, 0.29) is 18.3 Å². The number of rotatable bonds is 4. The van der Waals surface area contributed by atoms with E-state index in [1.54, 1.807) is 0 Å². The third-order valence-corrected chi connectivity index (χ3v) is 5.18. The van der Waals surface area contributed by atoms with Crippen LogP contribution in [0.4, 0.5) is 5.69 Å². The third-order valence-electron chi connectivity index (χ3n) is 5.18. The number of hydrogen-bond acceptors (Lipinski definition) is 4. The van der Waals surface area contributed by atoms with E-state index in [0.717, 1.165) is 28.0 Å². The molecule has 0 atom stereocenters. The van der Waals surface area contributed by atoms with Crippen LogP contribution in [0.15, 0.2) is 59.0 Å². The first-order valence-electron chi connectivity index (χ1n) is 8.88. The number of para-hydroxylation sites is 1. The second-order valence-corrected chi connectivity index (χ2v) is 6.78. The van der Waals surface area contributed by atoms with E-state index in [1.807, 2.05) is 54.6 Å². The molecule has 0 radical (unpaired) electrons. The maximum absolute atomic E-state index is 12.7. The molecule has 3 N–H and O–H groups in total. The van der Waals surface area contributed by atoms with Crippen LogP contribution < -0.4 is 11.1 Å². The number of halogens is 1. The Hall–Kier alpha value is -2.34. The van der Waals surface area contributed by atoms with Crippen molar-refractivity contribution in [2.75, 3.05) is 25.1 Å². The zero-order valence-corrected chi connectivity index (χ0v) is 15.8. The van der Waals surface area contributed by atoms with Crippen LogP contribution in [-0.4, -0.2) is 25.7 Å². The quantitative estimate of drug-likeness (QED) is 0.703. The molecule has 0 saturated carbocycles. The maximum atomic E-state index is 12.7. The van der Waals surface area contributed by atoms with E-state index in [9.17, 15) is 4.79 Å². The van der Waals surface area contributed by atoms with Crippen molar-refractivity contribution in [3.8, 4) is 11.3 Å². The number of furan rings is 1. The Bertz CT molecular complexity index is 882. The number of ether oxygens (including phenoxy) is 1. The van der Waals surface area contributed by atoms with E-state index < -0.39 is 5.41 Å². The standard InChI is InChI=1S/C21H22N2O3.ClH/c22-14-21(9-11-25-12-10-21)20(24)23-17-7-5-15(6-8-17)19-13-16-3-1-2-4-18(16)26-19;/h1-8,13H,9-12,14,22H2,(H,23,24);1H. The van der Waals surface area contributed by atoms with E-state index in [1.165, 1.54) is 0 Å². The molecule has 1 aromatic heterocycles. The SMILES string of the molecule is Cl.NCC1(C(=O)Nc2ccc(-c3cc4ccccc4o3)cc2)CCOCC1. The third kappa shape index (κ3) is 3.86. The summed E-state index contributed by atoms with van der Waals surface area (Å²) in [6, 6.07) is 17.6. The lowest BCUT2D eigenvalue weighted by Crippen LogP contribution is -2.46. The van der Waals surface area contributed by atoms with Crippen molar-refractivity contribution in [3.63, 3.8) is 0 Å². The predicted molar refractivity (Wildman–Crippen MR) is 109 cm³/mol. The van der Waals surface area contributed by atoms with Crippen LogP contribution >= 0.6 is 12.4 Å². The largest absolute Gasteiger partial charge is 0.456 e. The highest BCUT2D eigenvalue weighted by atomic mass is 35.5. The van der Waals surface area contributed by atoms with Gasteiger partial charge in [0.1, 0.15) is 11.3 Å². The molecule has 2 aromatic carbocycles. The Morgan fingerprint density at radius 2 is 1.78 bits per heavy atom. The number of carbonyl (C=O) groups excluding carboxylic acids is 1. The number of hydrogen-bond donors (Lipinski definition) is 2. The van der Waals surface area contributed by atoms with Crippen molar-refractivity contribution in [1.82, 2.24) is 0 Å². The lowest BCUT2D eigenvalue weighted by molar-refractivity contribution is -0.130. The highest BCUT2D eigenvalue weighted by Gasteiger charge is 2.38. The topological polar surface area (TPSA) is 77.5 Å². The summed E-state index contributed by atoms with van der Waals surface area (Å²) < 4.78 is 11.3. The molecular weight excluding hydrogens is 364 g/mol. The van der Waals surface area contributed by atoms with Crippen LogP contribution in [0, 0.1) is 5.41 Å². The summed E-state index contributed by atoms with van der Waals surface area (Å²) >= 11 is 0. The number of benzene rings is 2. The molecule has 0 spiro atoms. The molecule has 0 bridgehead atoms. The summed E-state index contributed by atoms with van der Waals surface area (Å²) in [5.74, 6) is 0.784. The normalized spacial score (nSPS) is 15.9. The van der Waals surface area contributed by atoms with Crippen LogP contribution in [0.1, 0.15) is 12.8 Å². The van der Waals surface area contributed by atoms with Gasteiger partial charge in [-0.1, -0.05) is 18.2 Å². The molecule has 1 fully saturated rings. The van der Waals surface area contributed by atoms with Gasteiger partial charge in [0.2, 0.25) is 5.91 Å². The Kier molecular flexibility index (Phi) is 5.85. The molecule has 4 rings (SSSR count). The minimum Gasteiger partial charge on any atom is -0.456 e. The van der Waals surface area contributed by atoms with Crippen molar-refractivity contribution in [2.24, 2.45) is 11.1 Å². The highest BCUT2D eigenvalue weighted by Crippen LogP contribution is 2.32. The zero-order chi connectivity index (χ0) is 18.0. The molecule has 142 valence electrons. The molecule has 1 aliphatic rings. The first-order chi connectivity index (χ1) is 12.7. The monoisotopic (exact) mass is 386 g/mol. The minimum atomic E-state index is -0.532. The van der Waals surface area contributed by atoms with Crippen molar-refractivity contribution in [1.29, 1.82) is 0 Å². The van der Waals surface area contributed by atoms with E-state index in [4.69, 9.17) is 14.9 Å². The lowest BCUT2D eigenvalue weighted by Gasteiger charge is -2.34. The number of fused-ring (bicyclic) bond motifs is 1.